The highest BCUT2D eigenvalue weighted by atomic mass is 31.2. The minimum absolute atomic E-state index is 0.393. The third kappa shape index (κ3) is 2.98. The lowest BCUT2D eigenvalue weighted by atomic mass is 10.2. The summed E-state index contributed by atoms with van der Waals surface area (Å²) in [4.78, 5) is 0. The Balaban J connectivity index is 2.16. The number of hydrogen-bond donors (Lipinski definition) is 1. The molecule has 0 saturated heterocycles. The second kappa shape index (κ2) is 6.49. The van der Waals surface area contributed by atoms with Crippen LogP contribution in [0, 0.1) is 5.82 Å². The van der Waals surface area contributed by atoms with E-state index in [0.717, 1.165) is 0 Å². The Labute approximate surface area is 134 Å². The van der Waals surface area contributed by atoms with Crippen LogP contribution in [-0.2, 0) is 4.57 Å². The van der Waals surface area contributed by atoms with Crippen LogP contribution in [0.25, 0.3) is 0 Å². The molecule has 0 fully saturated rings. The summed E-state index contributed by atoms with van der Waals surface area (Å²) in [5, 5.41) is 12.0. The molecule has 3 aromatic carbocycles. The summed E-state index contributed by atoms with van der Waals surface area (Å²) in [6.07, 6.45) is 0. The zero-order valence-electron chi connectivity index (χ0n) is 12.3. The van der Waals surface area contributed by atoms with Crippen molar-refractivity contribution in [2.75, 3.05) is 0 Å². The van der Waals surface area contributed by atoms with Crippen LogP contribution in [0.2, 0.25) is 0 Å². The molecule has 0 aromatic heterocycles. The van der Waals surface area contributed by atoms with E-state index in [4.69, 9.17) is 0 Å². The number of benzene rings is 3. The van der Waals surface area contributed by atoms with E-state index in [2.05, 4.69) is 0 Å². The van der Waals surface area contributed by atoms with E-state index in [1.807, 2.05) is 12.1 Å². The van der Waals surface area contributed by atoms with Gasteiger partial charge in [0.2, 0.25) is 0 Å². The first-order chi connectivity index (χ1) is 11.1. The number of rotatable bonds is 4. The minimum Gasteiger partial charge on any atom is -0.380 e. The van der Waals surface area contributed by atoms with Crippen molar-refractivity contribution in [3.63, 3.8) is 0 Å². The van der Waals surface area contributed by atoms with Crippen molar-refractivity contribution in [1.29, 1.82) is 0 Å². The third-order valence-electron chi connectivity index (χ3n) is 3.79. The number of aliphatic hydroxyl groups excluding tert-OH is 1. The number of aliphatic hydroxyl groups is 1. The van der Waals surface area contributed by atoms with Crippen molar-refractivity contribution in [3.05, 3.63) is 96.3 Å². The Morgan fingerprint density at radius 3 is 1.61 bits per heavy atom. The first-order valence-electron chi connectivity index (χ1n) is 7.27. The van der Waals surface area contributed by atoms with Gasteiger partial charge in [0.1, 0.15) is 11.7 Å². The smallest absolute Gasteiger partial charge is 0.174 e. The van der Waals surface area contributed by atoms with Crippen molar-refractivity contribution in [1.82, 2.24) is 0 Å². The van der Waals surface area contributed by atoms with Crippen molar-refractivity contribution in [2.24, 2.45) is 0 Å². The van der Waals surface area contributed by atoms with Gasteiger partial charge in [-0.15, -0.1) is 0 Å². The van der Waals surface area contributed by atoms with Crippen LogP contribution in [0.5, 0.6) is 0 Å². The fourth-order valence-corrected chi connectivity index (χ4v) is 5.26. The van der Waals surface area contributed by atoms with Crippen LogP contribution in [0.1, 0.15) is 11.4 Å². The van der Waals surface area contributed by atoms with Crippen LogP contribution < -0.4 is 10.6 Å². The summed E-state index contributed by atoms with van der Waals surface area (Å²) in [5.41, 5.74) is 0.433. The fraction of sp³-hybridized carbons (Fsp3) is 0.0526. The lowest BCUT2D eigenvalue weighted by Crippen LogP contribution is -2.21. The minimum atomic E-state index is -3.32. The van der Waals surface area contributed by atoms with Gasteiger partial charge in [-0.2, -0.15) is 0 Å². The maximum atomic E-state index is 13.9. The van der Waals surface area contributed by atoms with Gasteiger partial charge in [-0.3, -0.25) is 0 Å². The van der Waals surface area contributed by atoms with Crippen molar-refractivity contribution in [2.45, 2.75) is 5.85 Å². The standard InChI is InChI=1S/C19H16FO2P/c20-16-13-11-15(12-14-16)19(21)23(22,17-7-3-1-4-8-17)18-9-5-2-6-10-18/h1-14,19,21H/t19-/m1/s1. The van der Waals surface area contributed by atoms with Gasteiger partial charge < -0.3 is 9.67 Å². The molecule has 0 amide bonds. The first kappa shape index (κ1) is 15.7. The Morgan fingerprint density at radius 1 is 0.739 bits per heavy atom. The predicted octanol–water partition coefficient (Wildman–Crippen LogP) is 3.83. The topological polar surface area (TPSA) is 37.3 Å². The maximum Gasteiger partial charge on any atom is 0.174 e. The normalized spacial score (nSPS) is 12.8. The summed E-state index contributed by atoms with van der Waals surface area (Å²) in [6.45, 7) is 0. The van der Waals surface area contributed by atoms with E-state index < -0.39 is 18.8 Å². The van der Waals surface area contributed by atoms with Crippen molar-refractivity contribution < 1.29 is 14.1 Å². The zero-order chi connectivity index (χ0) is 16.3. The summed E-state index contributed by atoms with van der Waals surface area (Å²) in [7, 11) is -3.32. The first-order valence-corrected chi connectivity index (χ1v) is 9.04. The molecule has 1 atom stereocenters. The van der Waals surface area contributed by atoms with Gasteiger partial charge in [0.15, 0.2) is 7.14 Å². The highest BCUT2D eigenvalue weighted by Crippen LogP contribution is 2.55. The van der Waals surface area contributed by atoms with Crippen LogP contribution >= 0.6 is 7.14 Å². The van der Waals surface area contributed by atoms with E-state index in [9.17, 15) is 14.1 Å². The lowest BCUT2D eigenvalue weighted by Gasteiger charge is -2.25. The molecule has 3 aromatic rings. The molecule has 0 aliphatic rings. The van der Waals surface area contributed by atoms with E-state index in [1.54, 1.807) is 48.5 Å². The molecule has 0 aliphatic heterocycles. The molecule has 0 unspecified atom stereocenters. The Kier molecular flexibility index (Phi) is 4.42. The molecule has 2 nitrogen and oxygen atoms in total. The molecule has 0 radical (unpaired) electrons. The summed E-state index contributed by atoms with van der Waals surface area (Å²) < 4.78 is 27.0. The number of hydrogen-bond acceptors (Lipinski definition) is 2. The van der Waals surface area contributed by atoms with Gasteiger partial charge in [0.25, 0.3) is 0 Å². The molecule has 0 aliphatic carbocycles. The summed E-state index contributed by atoms with van der Waals surface area (Å²) in [5.74, 6) is -1.62. The highest BCUT2D eigenvalue weighted by Gasteiger charge is 2.36. The molecule has 0 saturated carbocycles. The second-order valence-corrected chi connectivity index (χ2v) is 8.09. The monoisotopic (exact) mass is 326 g/mol. The summed E-state index contributed by atoms with van der Waals surface area (Å²) in [6, 6.07) is 23.3. The SMILES string of the molecule is O=P(c1ccccc1)(c1ccccc1)[C@@H](O)c1ccc(F)cc1. The Hall–Kier alpha value is -2.22. The van der Waals surface area contributed by atoms with Crippen LogP contribution in [0.4, 0.5) is 4.39 Å². The van der Waals surface area contributed by atoms with Crippen molar-refractivity contribution >= 4 is 17.8 Å². The average molecular weight is 326 g/mol. The van der Waals surface area contributed by atoms with Gasteiger partial charge in [-0.1, -0.05) is 72.8 Å². The van der Waals surface area contributed by atoms with Gasteiger partial charge in [0.05, 0.1) is 0 Å². The second-order valence-electron chi connectivity index (χ2n) is 5.25. The van der Waals surface area contributed by atoms with E-state index in [0.29, 0.717) is 16.2 Å². The van der Waals surface area contributed by atoms with Gasteiger partial charge >= 0.3 is 0 Å². The van der Waals surface area contributed by atoms with Crippen LogP contribution in [0.15, 0.2) is 84.9 Å². The van der Waals surface area contributed by atoms with Gasteiger partial charge in [-0.25, -0.2) is 4.39 Å². The van der Waals surface area contributed by atoms with E-state index >= 15 is 0 Å². The molecule has 0 spiro atoms. The molecule has 0 bridgehead atoms. The fourth-order valence-electron chi connectivity index (χ4n) is 2.58. The van der Waals surface area contributed by atoms with Gasteiger partial charge in [0, 0.05) is 10.6 Å². The number of halogens is 1. The highest BCUT2D eigenvalue weighted by molar-refractivity contribution is 7.78. The van der Waals surface area contributed by atoms with Gasteiger partial charge in [-0.05, 0) is 17.7 Å². The van der Waals surface area contributed by atoms with Crippen molar-refractivity contribution in [3.8, 4) is 0 Å². The molecular formula is C19H16FO2P. The Morgan fingerprint density at radius 2 is 1.17 bits per heavy atom. The van der Waals surface area contributed by atoms with Crippen LogP contribution in [0.3, 0.4) is 0 Å². The Bertz CT molecular complexity index is 774. The van der Waals surface area contributed by atoms with E-state index in [1.165, 1.54) is 24.3 Å². The van der Waals surface area contributed by atoms with E-state index in [-0.39, 0.29) is 0 Å². The molecule has 23 heavy (non-hydrogen) atoms. The largest absolute Gasteiger partial charge is 0.380 e. The van der Waals surface area contributed by atoms with Crippen LogP contribution in [-0.4, -0.2) is 5.11 Å². The predicted molar refractivity (Wildman–Crippen MR) is 91.1 cm³/mol. The molecule has 3 rings (SSSR count). The quantitative estimate of drug-likeness (QED) is 0.740. The maximum absolute atomic E-state index is 13.9. The molecule has 116 valence electrons. The molecular weight excluding hydrogens is 310 g/mol. The molecule has 4 heteroatoms. The summed E-state index contributed by atoms with van der Waals surface area (Å²) >= 11 is 0. The molecule has 0 heterocycles. The third-order valence-corrected chi connectivity index (χ3v) is 6.91. The lowest BCUT2D eigenvalue weighted by molar-refractivity contribution is 0.256. The average Bonchev–Trinajstić information content (AvgIpc) is 2.62. The zero-order valence-corrected chi connectivity index (χ0v) is 13.2. The molecule has 1 N–H and O–H groups in total.